The lowest BCUT2D eigenvalue weighted by Crippen LogP contribution is -2.00. The van der Waals surface area contributed by atoms with Crippen molar-refractivity contribution in [3.63, 3.8) is 0 Å². The van der Waals surface area contributed by atoms with Crippen LogP contribution in [0, 0.1) is 5.82 Å². The molecular weight excluding hydrogens is 383 g/mol. The zero-order valence-electron chi connectivity index (χ0n) is 12.1. The van der Waals surface area contributed by atoms with E-state index in [9.17, 15) is 12.8 Å². The van der Waals surface area contributed by atoms with Crippen LogP contribution in [0.15, 0.2) is 64.1 Å². The van der Waals surface area contributed by atoms with E-state index in [0.29, 0.717) is 10.3 Å². The van der Waals surface area contributed by atoms with E-state index in [1.807, 2.05) is 6.07 Å². The Bertz CT molecular complexity index is 949. The minimum Gasteiger partial charge on any atom is -0.232 e. The summed E-state index contributed by atoms with van der Waals surface area (Å²) in [4.78, 5) is 0.258. The Morgan fingerprint density at radius 2 is 1.65 bits per heavy atom. The van der Waals surface area contributed by atoms with E-state index in [1.54, 1.807) is 41.1 Å². The van der Waals surface area contributed by atoms with Gasteiger partial charge in [-0.25, -0.2) is 17.5 Å². The Labute approximate surface area is 141 Å². The largest absolute Gasteiger partial charge is 0.232 e. The van der Waals surface area contributed by atoms with E-state index in [1.165, 1.54) is 18.4 Å². The lowest BCUT2D eigenvalue weighted by Gasteiger charge is -2.08. The first-order valence-corrected chi connectivity index (χ1v) is 9.35. The molecule has 0 radical (unpaired) electrons. The van der Waals surface area contributed by atoms with Gasteiger partial charge in [-0.05, 0) is 58.4 Å². The molecule has 23 heavy (non-hydrogen) atoms. The van der Waals surface area contributed by atoms with Crippen molar-refractivity contribution < 1.29 is 12.8 Å². The van der Waals surface area contributed by atoms with Crippen LogP contribution in [0.2, 0.25) is 0 Å². The van der Waals surface area contributed by atoms with Crippen LogP contribution in [0.1, 0.15) is 0 Å². The molecule has 0 fully saturated rings. The third kappa shape index (κ3) is 3.35. The summed E-state index contributed by atoms with van der Waals surface area (Å²) < 4.78 is 38.5. The van der Waals surface area contributed by atoms with Crippen LogP contribution in [0.4, 0.5) is 4.39 Å². The molecule has 0 N–H and O–H groups in total. The van der Waals surface area contributed by atoms with Crippen LogP contribution in [-0.4, -0.2) is 24.5 Å². The second kappa shape index (κ2) is 5.90. The van der Waals surface area contributed by atoms with Crippen molar-refractivity contribution in [1.29, 1.82) is 0 Å². The molecule has 0 bridgehead atoms. The van der Waals surface area contributed by atoms with Crippen LogP contribution in [0.3, 0.4) is 0 Å². The summed E-state index contributed by atoms with van der Waals surface area (Å²) in [7, 11) is -3.24. The number of aromatic nitrogens is 2. The predicted octanol–water partition coefficient (Wildman–Crippen LogP) is 3.84. The van der Waals surface area contributed by atoms with Crippen molar-refractivity contribution in [2.75, 3.05) is 6.26 Å². The number of benzene rings is 2. The van der Waals surface area contributed by atoms with Crippen molar-refractivity contribution in [3.8, 4) is 16.9 Å². The summed E-state index contributed by atoms with van der Waals surface area (Å²) >= 11 is 3.34. The molecule has 3 aromatic rings. The fourth-order valence-corrected chi connectivity index (χ4v) is 3.22. The van der Waals surface area contributed by atoms with E-state index in [4.69, 9.17) is 0 Å². The molecule has 0 saturated carbocycles. The Morgan fingerprint density at radius 3 is 2.22 bits per heavy atom. The molecule has 0 aliphatic rings. The Hall–Kier alpha value is -1.99. The minimum atomic E-state index is -3.24. The molecule has 118 valence electrons. The predicted molar refractivity (Wildman–Crippen MR) is 89.8 cm³/mol. The van der Waals surface area contributed by atoms with Gasteiger partial charge in [0, 0.05) is 11.8 Å². The van der Waals surface area contributed by atoms with E-state index in [-0.39, 0.29) is 10.7 Å². The monoisotopic (exact) mass is 394 g/mol. The van der Waals surface area contributed by atoms with Crippen LogP contribution >= 0.6 is 15.9 Å². The Balaban J connectivity index is 2.09. The van der Waals surface area contributed by atoms with Crippen LogP contribution in [0.5, 0.6) is 0 Å². The standard InChI is InChI=1S/C16H12BrFN2O2S/c1-23(21,22)14-8-2-11(3-9-14)15-10-16(17)19-20(15)13-6-4-12(18)5-7-13/h2-10H,1H3. The molecule has 3 rings (SSSR count). The van der Waals surface area contributed by atoms with E-state index < -0.39 is 9.84 Å². The maximum atomic E-state index is 13.1. The molecule has 1 aromatic heterocycles. The highest BCUT2D eigenvalue weighted by atomic mass is 79.9. The molecule has 0 amide bonds. The van der Waals surface area contributed by atoms with Crippen molar-refractivity contribution in [3.05, 3.63) is 65.0 Å². The zero-order chi connectivity index (χ0) is 16.6. The number of nitrogens with zero attached hydrogens (tertiary/aromatic N) is 2. The van der Waals surface area contributed by atoms with Gasteiger partial charge in [-0.2, -0.15) is 5.10 Å². The first-order valence-electron chi connectivity index (χ1n) is 6.66. The molecule has 4 nitrogen and oxygen atoms in total. The van der Waals surface area contributed by atoms with E-state index >= 15 is 0 Å². The van der Waals surface area contributed by atoms with Crippen molar-refractivity contribution >= 4 is 25.8 Å². The smallest absolute Gasteiger partial charge is 0.175 e. The molecule has 0 aliphatic heterocycles. The molecular formula is C16H12BrFN2O2S. The average Bonchev–Trinajstić information content (AvgIpc) is 2.89. The van der Waals surface area contributed by atoms with Crippen LogP contribution in [-0.2, 0) is 9.84 Å². The molecule has 0 unspecified atom stereocenters. The lowest BCUT2D eigenvalue weighted by molar-refractivity contribution is 0.602. The molecule has 0 aliphatic carbocycles. The number of rotatable bonds is 3. The number of hydrogen-bond acceptors (Lipinski definition) is 3. The fourth-order valence-electron chi connectivity index (χ4n) is 2.21. The van der Waals surface area contributed by atoms with E-state index in [2.05, 4.69) is 21.0 Å². The zero-order valence-corrected chi connectivity index (χ0v) is 14.5. The second-order valence-electron chi connectivity index (χ2n) is 5.04. The normalized spacial score (nSPS) is 11.6. The van der Waals surface area contributed by atoms with Crippen molar-refractivity contribution in [2.24, 2.45) is 0 Å². The van der Waals surface area contributed by atoms with Gasteiger partial charge >= 0.3 is 0 Å². The third-order valence-electron chi connectivity index (χ3n) is 3.33. The molecule has 1 heterocycles. The van der Waals surface area contributed by atoms with Gasteiger partial charge in [0.25, 0.3) is 0 Å². The maximum absolute atomic E-state index is 13.1. The highest BCUT2D eigenvalue weighted by Gasteiger charge is 2.12. The SMILES string of the molecule is CS(=O)(=O)c1ccc(-c2cc(Br)nn2-c2ccc(F)cc2)cc1. The lowest BCUT2D eigenvalue weighted by atomic mass is 10.1. The highest BCUT2D eigenvalue weighted by molar-refractivity contribution is 9.10. The molecule has 7 heteroatoms. The highest BCUT2D eigenvalue weighted by Crippen LogP contribution is 2.27. The topological polar surface area (TPSA) is 52.0 Å². The first kappa shape index (κ1) is 15.9. The van der Waals surface area contributed by atoms with Gasteiger partial charge in [0.2, 0.25) is 0 Å². The van der Waals surface area contributed by atoms with Gasteiger partial charge in [0.05, 0.1) is 16.3 Å². The fraction of sp³-hybridized carbons (Fsp3) is 0.0625. The van der Waals surface area contributed by atoms with Gasteiger partial charge in [-0.3, -0.25) is 0 Å². The van der Waals surface area contributed by atoms with Crippen molar-refractivity contribution in [1.82, 2.24) is 9.78 Å². The van der Waals surface area contributed by atoms with Gasteiger partial charge < -0.3 is 0 Å². The summed E-state index contributed by atoms with van der Waals surface area (Å²) in [5.41, 5.74) is 2.28. The molecule has 0 saturated heterocycles. The first-order chi connectivity index (χ1) is 10.8. The summed E-state index contributed by atoms with van der Waals surface area (Å²) in [5, 5.41) is 4.35. The summed E-state index contributed by atoms with van der Waals surface area (Å²) in [6.45, 7) is 0. The number of sulfone groups is 1. The van der Waals surface area contributed by atoms with Gasteiger partial charge in [0.1, 0.15) is 10.4 Å². The second-order valence-corrected chi connectivity index (χ2v) is 7.87. The number of hydrogen-bond donors (Lipinski definition) is 0. The third-order valence-corrected chi connectivity index (χ3v) is 4.84. The minimum absolute atomic E-state index is 0.258. The van der Waals surface area contributed by atoms with Crippen molar-refractivity contribution in [2.45, 2.75) is 4.90 Å². The average molecular weight is 395 g/mol. The quantitative estimate of drug-likeness (QED) is 0.677. The molecule has 0 spiro atoms. The van der Waals surface area contributed by atoms with Gasteiger partial charge in [-0.15, -0.1) is 0 Å². The van der Waals surface area contributed by atoms with Crippen LogP contribution < -0.4 is 0 Å². The summed E-state index contributed by atoms with van der Waals surface area (Å²) in [6, 6.07) is 14.4. The number of halogens is 2. The van der Waals surface area contributed by atoms with Crippen LogP contribution in [0.25, 0.3) is 16.9 Å². The van der Waals surface area contributed by atoms with E-state index in [0.717, 1.165) is 11.3 Å². The molecule has 0 atom stereocenters. The summed E-state index contributed by atoms with van der Waals surface area (Å²) in [5.74, 6) is -0.320. The maximum Gasteiger partial charge on any atom is 0.175 e. The Kier molecular flexibility index (Phi) is 4.08. The Morgan fingerprint density at radius 1 is 1.04 bits per heavy atom. The summed E-state index contributed by atoms with van der Waals surface area (Å²) in [6.07, 6.45) is 1.17. The van der Waals surface area contributed by atoms with Gasteiger partial charge in [0.15, 0.2) is 9.84 Å². The molecule has 2 aromatic carbocycles. The van der Waals surface area contributed by atoms with Gasteiger partial charge in [-0.1, -0.05) is 12.1 Å².